The number of aromatic hydroxyl groups is 1. The molecule has 0 aromatic heterocycles. The molecule has 4 rings (SSSR count). The molecular formula is C26H42O2. The van der Waals surface area contributed by atoms with Crippen molar-refractivity contribution in [2.75, 3.05) is 0 Å². The highest BCUT2D eigenvalue weighted by Crippen LogP contribution is 2.60. The first-order chi connectivity index (χ1) is 13.5. The summed E-state index contributed by atoms with van der Waals surface area (Å²) in [6, 6.07) is 5.96. The van der Waals surface area contributed by atoms with Gasteiger partial charge < -0.3 is 10.2 Å². The van der Waals surface area contributed by atoms with E-state index in [1.165, 1.54) is 68.9 Å². The Kier molecular flexibility index (Phi) is 7.48. The van der Waals surface area contributed by atoms with E-state index in [0.29, 0.717) is 17.6 Å². The van der Waals surface area contributed by atoms with Gasteiger partial charge in [-0.15, -0.1) is 0 Å². The van der Waals surface area contributed by atoms with Crippen LogP contribution in [0.4, 0.5) is 0 Å². The molecule has 0 amide bonds. The number of fused-ring (bicyclic) bond motifs is 5. The van der Waals surface area contributed by atoms with Gasteiger partial charge in [-0.1, -0.05) is 65.4 Å². The summed E-state index contributed by atoms with van der Waals surface area (Å²) < 4.78 is 0. The zero-order chi connectivity index (χ0) is 20.1. The van der Waals surface area contributed by atoms with Crippen LogP contribution in [0.2, 0.25) is 0 Å². The van der Waals surface area contributed by atoms with Gasteiger partial charge in [-0.05, 0) is 85.0 Å². The Morgan fingerprint density at radius 1 is 0.964 bits per heavy atom. The van der Waals surface area contributed by atoms with Gasteiger partial charge in [-0.25, -0.2) is 0 Å². The van der Waals surface area contributed by atoms with Crippen LogP contribution in [0.15, 0.2) is 18.2 Å². The molecule has 2 nitrogen and oxygen atoms in total. The van der Waals surface area contributed by atoms with Crippen LogP contribution in [0.5, 0.6) is 5.75 Å². The number of aliphatic hydroxyl groups excluding tert-OH is 1. The second kappa shape index (κ2) is 9.65. The van der Waals surface area contributed by atoms with Crippen LogP contribution in [0.25, 0.3) is 0 Å². The lowest BCUT2D eigenvalue weighted by atomic mass is 9.55. The number of aryl methyl sites for hydroxylation is 1. The monoisotopic (exact) mass is 386 g/mol. The topological polar surface area (TPSA) is 40.5 Å². The van der Waals surface area contributed by atoms with Crippen molar-refractivity contribution in [2.45, 2.75) is 110 Å². The van der Waals surface area contributed by atoms with Gasteiger partial charge in [0.2, 0.25) is 0 Å². The summed E-state index contributed by atoms with van der Waals surface area (Å²) in [5, 5.41) is 20.0. The molecule has 158 valence electrons. The third-order valence-electron chi connectivity index (χ3n) is 8.12. The third kappa shape index (κ3) is 4.42. The van der Waals surface area contributed by atoms with Gasteiger partial charge in [-0.3, -0.25) is 0 Å². The summed E-state index contributed by atoms with van der Waals surface area (Å²) >= 11 is 0. The second-order valence-electron chi connectivity index (χ2n) is 9.85. The molecule has 1 aromatic rings. The van der Waals surface area contributed by atoms with E-state index in [1.54, 1.807) is 0 Å². The van der Waals surface area contributed by atoms with E-state index in [9.17, 15) is 10.2 Å². The largest absolute Gasteiger partial charge is 0.508 e. The fraction of sp³-hybridized carbons (Fsp3) is 0.769. The standard InChI is InChI=1S/C18H24O2.C8H18/c1-18-9-8-14-13-5-3-12(19)10-11(13)2-4-15(14)16(18)6-7-17(18)20;1-3-5-7-8-6-4-2/h3,5,10,14-17,19-20H,2,4,6-9H2,1H3;3-8H2,1-2H3/t14-,15-,16+,17?,18+;/m1./s1. The second-order valence-corrected chi connectivity index (χ2v) is 9.85. The number of benzene rings is 1. The minimum Gasteiger partial charge on any atom is -0.508 e. The summed E-state index contributed by atoms with van der Waals surface area (Å²) in [4.78, 5) is 0. The van der Waals surface area contributed by atoms with Crippen LogP contribution in [0.3, 0.4) is 0 Å². The third-order valence-corrected chi connectivity index (χ3v) is 8.12. The maximum Gasteiger partial charge on any atom is 0.115 e. The number of phenolic OH excluding ortho intramolecular Hbond substituents is 1. The van der Waals surface area contributed by atoms with Gasteiger partial charge in [0.15, 0.2) is 0 Å². The van der Waals surface area contributed by atoms with Crippen molar-refractivity contribution < 1.29 is 10.2 Å². The fourth-order valence-corrected chi connectivity index (χ4v) is 6.39. The van der Waals surface area contributed by atoms with Crippen molar-refractivity contribution in [1.82, 2.24) is 0 Å². The fourth-order valence-electron chi connectivity index (χ4n) is 6.39. The summed E-state index contributed by atoms with van der Waals surface area (Å²) in [6.07, 6.45) is 15.3. The molecule has 0 heterocycles. The maximum absolute atomic E-state index is 10.4. The highest BCUT2D eigenvalue weighted by atomic mass is 16.3. The predicted octanol–water partition coefficient (Wildman–Crippen LogP) is 6.98. The van der Waals surface area contributed by atoms with Gasteiger partial charge in [-0.2, -0.15) is 0 Å². The van der Waals surface area contributed by atoms with E-state index in [2.05, 4.69) is 26.8 Å². The Morgan fingerprint density at radius 3 is 2.36 bits per heavy atom. The lowest BCUT2D eigenvalue weighted by molar-refractivity contribution is -0.0226. The van der Waals surface area contributed by atoms with Crippen LogP contribution >= 0.6 is 0 Å². The molecule has 3 aliphatic rings. The Bertz CT molecular complexity index is 619. The molecule has 0 spiro atoms. The first-order valence-electron chi connectivity index (χ1n) is 12.0. The molecule has 2 N–H and O–H groups in total. The first kappa shape index (κ1) is 21.7. The van der Waals surface area contributed by atoms with Crippen molar-refractivity contribution in [3.63, 3.8) is 0 Å². The number of unbranched alkanes of at least 4 members (excludes halogenated alkanes) is 5. The number of phenols is 1. The van der Waals surface area contributed by atoms with Crippen LogP contribution in [0, 0.1) is 17.3 Å². The summed E-state index contributed by atoms with van der Waals surface area (Å²) in [5.41, 5.74) is 2.99. The summed E-state index contributed by atoms with van der Waals surface area (Å²) in [7, 11) is 0. The molecule has 2 heteroatoms. The van der Waals surface area contributed by atoms with Crippen molar-refractivity contribution in [1.29, 1.82) is 0 Å². The highest BCUT2D eigenvalue weighted by Gasteiger charge is 2.54. The van der Waals surface area contributed by atoms with Gasteiger partial charge in [0.25, 0.3) is 0 Å². The van der Waals surface area contributed by atoms with Crippen LogP contribution < -0.4 is 0 Å². The van der Waals surface area contributed by atoms with Crippen LogP contribution in [0.1, 0.15) is 108 Å². The van der Waals surface area contributed by atoms with Gasteiger partial charge >= 0.3 is 0 Å². The lowest BCUT2D eigenvalue weighted by Gasteiger charge is -2.50. The molecule has 0 saturated heterocycles. The molecule has 1 aromatic carbocycles. The quantitative estimate of drug-likeness (QED) is 0.536. The number of hydrogen-bond donors (Lipinski definition) is 2. The van der Waals surface area contributed by atoms with E-state index in [4.69, 9.17) is 0 Å². The molecule has 2 fully saturated rings. The van der Waals surface area contributed by atoms with Gasteiger partial charge in [0.1, 0.15) is 5.75 Å². The molecular weight excluding hydrogens is 344 g/mol. The average molecular weight is 387 g/mol. The Balaban J connectivity index is 0.000000242. The predicted molar refractivity (Wildman–Crippen MR) is 118 cm³/mol. The molecule has 0 bridgehead atoms. The zero-order valence-electron chi connectivity index (χ0n) is 18.4. The first-order valence-corrected chi connectivity index (χ1v) is 12.0. The van der Waals surface area contributed by atoms with Crippen LogP contribution in [-0.2, 0) is 6.42 Å². The van der Waals surface area contributed by atoms with Crippen molar-refractivity contribution in [2.24, 2.45) is 17.3 Å². The Labute approximate surface area is 172 Å². The molecule has 28 heavy (non-hydrogen) atoms. The van der Waals surface area contributed by atoms with Gasteiger partial charge in [0.05, 0.1) is 6.10 Å². The van der Waals surface area contributed by atoms with E-state index in [0.717, 1.165) is 25.2 Å². The SMILES string of the molecule is CCCCCCCC.C[C@]12CC[C@@H]3c4ccc(O)cc4CC[C@H]3[C@@H]1CCC2O. The van der Waals surface area contributed by atoms with Crippen LogP contribution in [-0.4, -0.2) is 16.3 Å². The summed E-state index contributed by atoms with van der Waals surface area (Å²) in [5.74, 6) is 2.49. The molecule has 0 radical (unpaired) electrons. The summed E-state index contributed by atoms with van der Waals surface area (Å²) in [6.45, 7) is 6.83. The number of hydrogen-bond acceptors (Lipinski definition) is 2. The van der Waals surface area contributed by atoms with E-state index in [1.807, 2.05) is 12.1 Å². The van der Waals surface area contributed by atoms with E-state index >= 15 is 0 Å². The maximum atomic E-state index is 10.4. The van der Waals surface area contributed by atoms with E-state index in [-0.39, 0.29) is 11.5 Å². The van der Waals surface area contributed by atoms with E-state index < -0.39 is 0 Å². The average Bonchev–Trinajstić information content (AvgIpc) is 3.00. The smallest absolute Gasteiger partial charge is 0.115 e. The molecule has 3 aliphatic carbocycles. The Hall–Kier alpha value is -1.02. The van der Waals surface area contributed by atoms with Gasteiger partial charge in [0, 0.05) is 0 Å². The number of aliphatic hydroxyl groups is 1. The molecule has 2 saturated carbocycles. The molecule has 5 atom stereocenters. The Morgan fingerprint density at radius 2 is 1.68 bits per heavy atom. The lowest BCUT2D eigenvalue weighted by Crippen LogP contribution is -2.43. The van der Waals surface area contributed by atoms with Crippen molar-refractivity contribution in [3.05, 3.63) is 29.3 Å². The van der Waals surface area contributed by atoms with Crippen molar-refractivity contribution in [3.8, 4) is 5.75 Å². The molecule has 0 aliphatic heterocycles. The highest BCUT2D eigenvalue weighted by molar-refractivity contribution is 5.40. The normalized spacial score (nSPS) is 33.3. The molecule has 1 unspecified atom stereocenters. The minimum atomic E-state index is -0.0883. The zero-order valence-corrected chi connectivity index (χ0v) is 18.4. The minimum absolute atomic E-state index is 0.0883. The number of rotatable bonds is 5. The van der Waals surface area contributed by atoms with Crippen molar-refractivity contribution >= 4 is 0 Å².